The van der Waals surface area contributed by atoms with Crippen LogP contribution in [0.5, 0.6) is 0 Å². The first kappa shape index (κ1) is 22.8. The lowest BCUT2D eigenvalue weighted by Crippen LogP contribution is -2.49. The molecule has 1 saturated heterocycles. The summed E-state index contributed by atoms with van der Waals surface area (Å²) in [5.74, 6) is -1.35. The van der Waals surface area contributed by atoms with Crippen LogP contribution in [0.15, 0.2) is 41.8 Å². The Bertz CT molecular complexity index is 947. The van der Waals surface area contributed by atoms with Crippen molar-refractivity contribution in [1.29, 1.82) is 0 Å². The zero-order chi connectivity index (χ0) is 22.6. The zero-order valence-electron chi connectivity index (χ0n) is 16.8. The Morgan fingerprint density at radius 1 is 1.19 bits per heavy atom. The molecular weight excluding hydrogens is 431 g/mol. The molecule has 1 aromatic carbocycles. The first-order chi connectivity index (χ1) is 14.7. The molecule has 166 valence electrons. The molecule has 0 saturated carbocycles. The van der Waals surface area contributed by atoms with Crippen LogP contribution in [0.3, 0.4) is 0 Å². The smallest absolute Gasteiger partial charge is 0.332 e. The topological polar surface area (TPSA) is 69.7 Å². The fraction of sp³-hybridized carbons (Fsp3) is 0.381. The van der Waals surface area contributed by atoms with Gasteiger partial charge in [-0.05, 0) is 43.3 Å². The quantitative estimate of drug-likeness (QED) is 0.722. The first-order valence-electron chi connectivity index (χ1n) is 9.81. The molecule has 1 N–H and O–H groups in total. The van der Waals surface area contributed by atoms with Crippen molar-refractivity contribution in [3.05, 3.63) is 52.2 Å². The number of thiophene rings is 1. The van der Waals surface area contributed by atoms with Crippen molar-refractivity contribution in [2.45, 2.75) is 32.0 Å². The summed E-state index contributed by atoms with van der Waals surface area (Å²) in [4.78, 5) is 41.5. The summed E-state index contributed by atoms with van der Waals surface area (Å²) in [6, 6.07) is 7.43. The van der Waals surface area contributed by atoms with E-state index in [1.165, 1.54) is 33.3 Å². The molecule has 1 atom stereocenters. The lowest BCUT2D eigenvalue weighted by molar-refractivity contribution is -0.138. The third-order valence-electron chi connectivity index (χ3n) is 5.07. The van der Waals surface area contributed by atoms with Crippen LogP contribution in [0.2, 0.25) is 0 Å². The molecule has 1 aliphatic rings. The van der Waals surface area contributed by atoms with Gasteiger partial charge in [-0.15, -0.1) is 11.3 Å². The predicted octanol–water partition coefficient (Wildman–Crippen LogP) is 3.86. The summed E-state index contributed by atoms with van der Waals surface area (Å²) in [6.45, 7) is 1.90. The Kier molecular flexibility index (Phi) is 6.99. The van der Waals surface area contributed by atoms with Crippen LogP contribution in [0.4, 0.5) is 18.9 Å². The van der Waals surface area contributed by atoms with Gasteiger partial charge in [-0.25, -0.2) is 0 Å². The van der Waals surface area contributed by atoms with Gasteiger partial charge in [0.2, 0.25) is 11.8 Å². The van der Waals surface area contributed by atoms with E-state index in [1.807, 2.05) is 0 Å². The molecule has 3 rings (SSSR count). The van der Waals surface area contributed by atoms with Crippen LogP contribution < -0.4 is 5.32 Å². The minimum Gasteiger partial charge on any atom is -0.332 e. The average molecular weight is 453 g/mol. The molecule has 0 aliphatic carbocycles. The minimum atomic E-state index is -4.61. The average Bonchev–Trinajstić information content (AvgIpc) is 3.42. The lowest BCUT2D eigenvalue weighted by Gasteiger charge is -2.29. The number of carbonyl (C=O) groups excluding carboxylic acids is 3. The van der Waals surface area contributed by atoms with Crippen molar-refractivity contribution in [2.24, 2.45) is 0 Å². The summed E-state index contributed by atoms with van der Waals surface area (Å²) < 4.78 is 39.4. The number of hydrogen-bond donors (Lipinski definition) is 1. The number of para-hydroxylation sites is 1. The molecule has 0 radical (unpaired) electrons. The molecule has 0 bridgehead atoms. The van der Waals surface area contributed by atoms with E-state index in [-0.39, 0.29) is 24.0 Å². The molecule has 3 amide bonds. The van der Waals surface area contributed by atoms with E-state index in [9.17, 15) is 27.6 Å². The number of alkyl halides is 3. The molecule has 1 aromatic heterocycles. The van der Waals surface area contributed by atoms with Crippen molar-refractivity contribution in [3.8, 4) is 0 Å². The molecule has 2 aromatic rings. The molecule has 0 spiro atoms. The standard InChI is InChI=1S/C21H22F3N3O3S/c1-2-26(13-18(28)25-15-8-4-3-7-14(15)21(22,23)24)19(29)16-9-5-11-27(16)20(30)17-10-6-12-31-17/h3-4,6-8,10,12,16H,2,5,9,11,13H2,1H3,(H,25,28). The van der Waals surface area contributed by atoms with Gasteiger partial charge >= 0.3 is 6.18 Å². The Balaban J connectivity index is 1.69. The van der Waals surface area contributed by atoms with Gasteiger partial charge in [0.15, 0.2) is 0 Å². The second kappa shape index (κ2) is 9.51. The van der Waals surface area contributed by atoms with Gasteiger partial charge in [-0.1, -0.05) is 18.2 Å². The first-order valence-corrected chi connectivity index (χ1v) is 10.7. The SMILES string of the molecule is CCN(CC(=O)Nc1ccccc1C(F)(F)F)C(=O)C1CCCN1C(=O)c1cccs1. The van der Waals surface area contributed by atoms with E-state index in [0.717, 1.165) is 12.1 Å². The fourth-order valence-electron chi connectivity index (χ4n) is 3.57. The normalized spacial score (nSPS) is 16.3. The number of nitrogens with one attached hydrogen (secondary N) is 1. The van der Waals surface area contributed by atoms with E-state index >= 15 is 0 Å². The summed E-state index contributed by atoms with van der Waals surface area (Å²) in [7, 11) is 0. The van der Waals surface area contributed by atoms with E-state index in [4.69, 9.17) is 0 Å². The fourth-order valence-corrected chi connectivity index (χ4v) is 4.25. The molecule has 1 fully saturated rings. The van der Waals surface area contributed by atoms with E-state index in [0.29, 0.717) is 24.3 Å². The van der Waals surface area contributed by atoms with Gasteiger partial charge in [-0.2, -0.15) is 13.2 Å². The largest absolute Gasteiger partial charge is 0.418 e. The maximum absolute atomic E-state index is 13.1. The molecule has 31 heavy (non-hydrogen) atoms. The van der Waals surface area contributed by atoms with Crippen LogP contribution in [0, 0.1) is 0 Å². The Hall–Kier alpha value is -2.88. The van der Waals surface area contributed by atoms with Crippen LogP contribution in [0.25, 0.3) is 0 Å². The second-order valence-electron chi connectivity index (χ2n) is 7.08. The highest BCUT2D eigenvalue weighted by Crippen LogP contribution is 2.34. The van der Waals surface area contributed by atoms with Gasteiger partial charge in [-0.3, -0.25) is 14.4 Å². The van der Waals surface area contributed by atoms with Crippen LogP contribution in [-0.4, -0.2) is 53.2 Å². The van der Waals surface area contributed by atoms with Crippen LogP contribution >= 0.6 is 11.3 Å². The van der Waals surface area contributed by atoms with Crippen molar-refractivity contribution >= 4 is 34.7 Å². The summed E-state index contributed by atoms with van der Waals surface area (Å²) >= 11 is 1.29. The van der Waals surface area contributed by atoms with Crippen molar-refractivity contribution in [1.82, 2.24) is 9.80 Å². The monoisotopic (exact) mass is 453 g/mol. The minimum absolute atomic E-state index is 0.185. The van der Waals surface area contributed by atoms with Gasteiger partial charge < -0.3 is 15.1 Å². The number of likely N-dealkylation sites (N-methyl/N-ethyl adjacent to an activating group) is 1. The summed E-state index contributed by atoms with van der Waals surface area (Å²) in [5.41, 5.74) is -1.32. The molecule has 1 aliphatic heterocycles. The highest BCUT2D eigenvalue weighted by atomic mass is 32.1. The molecule has 6 nitrogen and oxygen atoms in total. The number of halogens is 3. The maximum Gasteiger partial charge on any atom is 0.418 e. The number of nitrogens with zero attached hydrogens (tertiary/aromatic N) is 2. The van der Waals surface area contributed by atoms with Crippen LogP contribution in [-0.2, 0) is 15.8 Å². The van der Waals surface area contributed by atoms with E-state index < -0.39 is 30.2 Å². The Labute approximate surface area is 181 Å². The van der Waals surface area contributed by atoms with Crippen molar-refractivity contribution < 1.29 is 27.6 Å². The number of amides is 3. The van der Waals surface area contributed by atoms with Crippen molar-refractivity contribution in [3.63, 3.8) is 0 Å². The third kappa shape index (κ3) is 5.25. The summed E-state index contributed by atoms with van der Waals surface area (Å²) in [5, 5.41) is 4.03. The highest BCUT2D eigenvalue weighted by molar-refractivity contribution is 7.12. The third-order valence-corrected chi connectivity index (χ3v) is 5.92. The predicted molar refractivity (Wildman–Crippen MR) is 111 cm³/mol. The Morgan fingerprint density at radius 2 is 1.94 bits per heavy atom. The number of likely N-dealkylation sites (tertiary alicyclic amines) is 1. The molecule has 2 heterocycles. The molecule has 1 unspecified atom stereocenters. The number of anilines is 1. The van der Waals surface area contributed by atoms with Crippen LogP contribution in [0.1, 0.15) is 35.0 Å². The zero-order valence-corrected chi connectivity index (χ0v) is 17.6. The highest BCUT2D eigenvalue weighted by Gasteiger charge is 2.38. The Morgan fingerprint density at radius 3 is 2.58 bits per heavy atom. The number of benzene rings is 1. The van der Waals surface area contributed by atoms with Gasteiger partial charge in [0.25, 0.3) is 5.91 Å². The number of rotatable bonds is 6. The van der Waals surface area contributed by atoms with Crippen molar-refractivity contribution in [2.75, 3.05) is 25.0 Å². The van der Waals surface area contributed by atoms with Gasteiger partial charge in [0.05, 0.1) is 22.7 Å². The summed E-state index contributed by atoms with van der Waals surface area (Å²) in [6.07, 6.45) is -3.47. The second-order valence-corrected chi connectivity index (χ2v) is 8.03. The number of hydrogen-bond acceptors (Lipinski definition) is 4. The van der Waals surface area contributed by atoms with Gasteiger partial charge in [0.1, 0.15) is 6.04 Å². The number of carbonyl (C=O) groups is 3. The molecule has 10 heteroatoms. The van der Waals surface area contributed by atoms with E-state index in [1.54, 1.807) is 24.4 Å². The maximum atomic E-state index is 13.1. The molecular formula is C21H22F3N3O3S. The van der Waals surface area contributed by atoms with E-state index in [2.05, 4.69) is 5.32 Å². The van der Waals surface area contributed by atoms with Gasteiger partial charge in [0, 0.05) is 13.1 Å². The lowest BCUT2D eigenvalue weighted by atomic mass is 10.1.